The van der Waals surface area contributed by atoms with Crippen LogP contribution in [0.2, 0.25) is 0 Å². The van der Waals surface area contributed by atoms with E-state index < -0.39 is 0 Å². The van der Waals surface area contributed by atoms with Crippen molar-refractivity contribution in [3.8, 4) is 0 Å². The van der Waals surface area contributed by atoms with Crippen molar-refractivity contribution in [3.63, 3.8) is 0 Å². The fraction of sp³-hybridized carbons (Fsp3) is 0.188. The number of carbonyl (C=O) groups excluding carboxylic acids is 1. The van der Waals surface area contributed by atoms with Gasteiger partial charge < -0.3 is 0 Å². The Morgan fingerprint density at radius 2 is 1.88 bits per heavy atom. The molecule has 0 atom stereocenters. The first kappa shape index (κ1) is 10.3. The van der Waals surface area contributed by atoms with Gasteiger partial charge in [-0.1, -0.05) is 48.1 Å². The van der Waals surface area contributed by atoms with Crippen molar-refractivity contribution < 1.29 is 4.79 Å². The maximum absolute atomic E-state index is 12.0. The molecule has 0 heterocycles. The average molecular weight is 222 g/mol. The number of hydrogen-bond acceptors (Lipinski definition) is 1. The van der Waals surface area contributed by atoms with E-state index in [1.807, 2.05) is 24.3 Å². The Bertz CT molecular complexity index is 559. The van der Waals surface area contributed by atoms with Crippen molar-refractivity contribution in [3.05, 3.63) is 70.8 Å². The second kappa shape index (κ2) is 4.17. The van der Waals surface area contributed by atoms with E-state index in [1.165, 1.54) is 11.1 Å². The van der Waals surface area contributed by atoms with Crippen molar-refractivity contribution in [2.45, 2.75) is 19.3 Å². The van der Waals surface area contributed by atoms with Gasteiger partial charge in [0.1, 0.15) is 0 Å². The monoisotopic (exact) mass is 222 g/mol. The Morgan fingerprint density at radius 1 is 1.00 bits per heavy atom. The molecule has 2 aliphatic rings. The van der Waals surface area contributed by atoms with Crippen molar-refractivity contribution in [1.29, 1.82) is 0 Å². The van der Waals surface area contributed by atoms with E-state index >= 15 is 0 Å². The zero-order valence-corrected chi connectivity index (χ0v) is 9.65. The highest BCUT2D eigenvalue weighted by Crippen LogP contribution is 2.27. The molecule has 0 bridgehead atoms. The van der Waals surface area contributed by atoms with E-state index in [0.29, 0.717) is 0 Å². The number of rotatable bonds is 0. The molecule has 0 aliphatic heterocycles. The second-order valence-corrected chi connectivity index (χ2v) is 4.53. The third kappa shape index (κ3) is 1.89. The van der Waals surface area contributed by atoms with E-state index in [2.05, 4.69) is 18.2 Å². The lowest BCUT2D eigenvalue weighted by atomic mass is 9.87. The minimum absolute atomic E-state index is 0.117. The lowest BCUT2D eigenvalue weighted by Gasteiger charge is -2.17. The molecule has 1 aromatic rings. The Morgan fingerprint density at radius 3 is 2.82 bits per heavy atom. The van der Waals surface area contributed by atoms with Crippen LogP contribution in [0.1, 0.15) is 28.8 Å². The molecule has 17 heavy (non-hydrogen) atoms. The maximum Gasteiger partial charge on any atom is 0.186 e. The van der Waals surface area contributed by atoms with Crippen LogP contribution in [-0.4, -0.2) is 5.78 Å². The Balaban J connectivity index is 2.14. The van der Waals surface area contributed by atoms with E-state index in [4.69, 9.17) is 0 Å². The van der Waals surface area contributed by atoms with Crippen LogP contribution in [0.3, 0.4) is 0 Å². The highest BCUT2D eigenvalue weighted by molar-refractivity contribution is 6.06. The molecule has 1 nitrogen and oxygen atoms in total. The third-order valence-electron chi connectivity index (χ3n) is 3.42. The molecule has 0 saturated carbocycles. The van der Waals surface area contributed by atoms with Gasteiger partial charge >= 0.3 is 0 Å². The van der Waals surface area contributed by atoms with Gasteiger partial charge in [0.2, 0.25) is 0 Å². The number of hydrogen-bond donors (Lipinski definition) is 0. The summed E-state index contributed by atoms with van der Waals surface area (Å²) in [6.07, 6.45) is 11.1. The highest BCUT2D eigenvalue weighted by Gasteiger charge is 2.15. The van der Waals surface area contributed by atoms with Gasteiger partial charge in [-0.15, -0.1) is 0 Å². The van der Waals surface area contributed by atoms with Gasteiger partial charge in [-0.3, -0.25) is 4.79 Å². The van der Waals surface area contributed by atoms with Crippen molar-refractivity contribution >= 4 is 5.78 Å². The van der Waals surface area contributed by atoms with Gasteiger partial charge in [0.15, 0.2) is 5.78 Å². The summed E-state index contributed by atoms with van der Waals surface area (Å²) in [6, 6.07) is 7.93. The predicted octanol–water partition coefficient (Wildman–Crippen LogP) is 3.63. The number of benzene rings is 1. The summed E-state index contributed by atoms with van der Waals surface area (Å²) < 4.78 is 0. The Labute approximate surface area is 101 Å². The van der Waals surface area contributed by atoms with Crippen LogP contribution in [0.5, 0.6) is 0 Å². The van der Waals surface area contributed by atoms with Gasteiger partial charge in [0.25, 0.3) is 0 Å². The lowest BCUT2D eigenvalue weighted by Crippen LogP contribution is -2.07. The van der Waals surface area contributed by atoms with Crippen molar-refractivity contribution in [1.82, 2.24) is 0 Å². The molecule has 0 radical (unpaired) electrons. The molecular formula is C16H14O. The van der Waals surface area contributed by atoms with Crippen LogP contribution >= 0.6 is 0 Å². The summed E-state index contributed by atoms with van der Waals surface area (Å²) in [5.41, 5.74) is 4.68. The van der Waals surface area contributed by atoms with Gasteiger partial charge in [-0.25, -0.2) is 0 Å². The molecule has 0 spiro atoms. The molecule has 3 rings (SSSR count). The molecule has 0 aromatic heterocycles. The van der Waals surface area contributed by atoms with E-state index in [9.17, 15) is 4.79 Å². The SMILES string of the molecule is O=C1/C=C\C2=C(CCC=C2)Cc2ccccc21. The summed E-state index contributed by atoms with van der Waals surface area (Å²) >= 11 is 0. The van der Waals surface area contributed by atoms with Crippen LogP contribution in [0.4, 0.5) is 0 Å². The summed E-state index contributed by atoms with van der Waals surface area (Å²) in [6.45, 7) is 0. The fourth-order valence-corrected chi connectivity index (χ4v) is 2.49. The molecule has 0 N–H and O–H groups in total. The molecule has 84 valence electrons. The highest BCUT2D eigenvalue weighted by atomic mass is 16.1. The first-order valence-electron chi connectivity index (χ1n) is 6.03. The van der Waals surface area contributed by atoms with Crippen LogP contribution in [0, 0.1) is 0 Å². The van der Waals surface area contributed by atoms with Crippen molar-refractivity contribution in [2.75, 3.05) is 0 Å². The molecule has 1 aromatic carbocycles. The molecule has 2 aliphatic carbocycles. The lowest BCUT2D eigenvalue weighted by molar-refractivity contribution is 0.104. The third-order valence-corrected chi connectivity index (χ3v) is 3.42. The van der Waals surface area contributed by atoms with Crippen LogP contribution < -0.4 is 0 Å². The predicted molar refractivity (Wildman–Crippen MR) is 69.0 cm³/mol. The number of carbonyl (C=O) groups is 1. The Kier molecular flexibility index (Phi) is 2.52. The second-order valence-electron chi connectivity index (χ2n) is 4.53. The van der Waals surface area contributed by atoms with Crippen LogP contribution in [0.15, 0.2) is 59.7 Å². The van der Waals surface area contributed by atoms with E-state index in [-0.39, 0.29) is 5.78 Å². The smallest absolute Gasteiger partial charge is 0.186 e. The molecule has 1 heteroatoms. The number of fused-ring (bicyclic) bond motifs is 1. The Hall–Kier alpha value is -1.89. The van der Waals surface area contributed by atoms with Gasteiger partial charge in [-0.05, 0) is 36.5 Å². The average Bonchev–Trinajstić information content (AvgIpc) is 2.36. The van der Waals surface area contributed by atoms with Crippen LogP contribution in [-0.2, 0) is 6.42 Å². The van der Waals surface area contributed by atoms with Crippen LogP contribution in [0.25, 0.3) is 0 Å². The molecule has 0 saturated heterocycles. The minimum Gasteiger partial charge on any atom is -0.289 e. The summed E-state index contributed by atoms with van der Waals surface area (Å²) in [7, 11) is 0. The van der Waals surface area contributed by atoms with Crippen molar-refractivity contribution in [2.24, 2.45) is 0 Å². The number of ketones is 1. The quantitative estimate of drug-likeness (QED) is 0.655. The first-order valence-corrected chi connectivity index (χ1v) is 6.03. The summed E-state index contributed by atoms with van der Waals surface area (Å²) in [4.78, 5) is 12.0. The minimum atomic E-state index is 0.117. The molecule has 0 unspecified atom stereocenters. The normalized spacial score (nSPS) is 20.4. The number of allylic oxidation sites excluding steroid dienone is 6. The zero-order valence-electron chi connectivity index (χ0n) is 9.65. The molecular weight excluding hydrogens is 208 g/mol. The summed E-state index contributed by atoms with van der Waals surface area (Å²) in [5.74, 6) is 0.117. The van der Waals surface area contributed by atoms with Gasteiger partial charge in [0.05, 0.1) is 0 Å². The zero-order chi connectivity index (χ0) is 11.7. The van der Waals surface area contributed by atoms with E-state index in [0.717, 1.165) is 30.4 Å². The topological polar surface area (TPSA) is 17.1 Å². The largest absolute Gasteiger partial charge is 0.289 e. The first-order chi connectivity index (χ1) is 8.34. The van der Waals surface area contributed by atoms with Gasteiger partial charge in [0, 0.05) is 5.56 Å². The van der Waals surface area contributed by atoms with Gasteiger partial charge in [-0.2, -0.15) is 0 Å². The fourth-order valence-electron chi connectivity index (χ4n) is 2.49. The molecule has 0 fully saturated rings. The summed E-state index contributed by atoms with van der Waals surface area (Å²) in [5, 5.41) is 0. The molecule has 0 amide bonds. The van der Waals surface area contributed by atoms with E-state index in [1.54, 1.807) is 6.08 Å². The standard InChI is InChI=1S/C16H14O/c17-16-10-9-12-5-1-2-6-13(12)11-14-7-3-4-8-15(14)16/h1,3-5,7-10H,2,6,11H2/b10-9-. The maximum atomic E-state index is 12.0.